The summed E-state index contributed by atoms with van der Waals surface area (Å²) in [5.41, 5.74) is 1.53. The Hall–Kier alpha value is -3.98. The summed E-state index contributed by atoms with van der Waals surface area (Å²) in [6.07, 6.45) is 1.40. The number of aryl methyl sites for hydroxylation is 1. The fourth-order valence-electron chi connectivity index (χ4n) is 2.60. The number of hydrogen-bond donors (Lipinski definition) is 0. The predicted molar refractivity (Wildman–Crippen MR) is 99.9 cm³/mol. The predicted octanol–water partition coefficient (Wildman–Crippen LogP) is 4.95. The molecule has 6 nitrogen and oxygen atoms in total. The van der Waals surface area contributed by atoms with Gasteiger partial charge in [-0.2, -0.15) is 5.26 Å². The van der Waals surface area contributed by atoms with Gasteiger partial charge in [0, 0.05) is 17.7 Å². The molecule has 0 atom stereocenters. The lowest BCUT2D eigenvalue weighted by atomic mass is 10.0. The number of non-ortho nitro benzene ring substituents is 1. The molecule has 0 radical (unpaired) electrons. The lowest BCUT2D eigenvalue weighted by Gasteiger charge is -1.98. The molecule has 2 aromatic carbocycles. The van der Waals surface area contributed by atoms with E-state index in [0.717, 1.165) is 5.56 Å². The van der Waals surface area contributed by atoms with E-state index in [4.69, 9.17) is 4.42 Å². The molecule has 0 bridgehead atoms. The molecule has 1 aromatic heterocycles. The molecule has 0 saturated carbocycles. The number of nitro groups is 1. The first-order valence-electron chi connectivity index (χ1n) is 8.06. The number of nitriles is 1. The Kier molecular flexibility index (Phi) is 4.95. The van der Waals surface area contributed by atoms with Gasteiger partial charge in [0.2, 0.25) is 5.78 Å². The van der Waals surface area contributed by atoms with E-state index in [1.807, 2.05) is 36.4 Å². The lowest BCUT2D eigenvalue weighted by Crippen LogP contribution is -2.02. The number of allylic oxidation sites excluding steroid dienone is 1. The van der Waals surface area contributed by atoms with Crippen LogP contribution in [0.2, 0.25) is 0 Å². The highest BCUT2D eigenvalue weighted by atomic mass is 16.6. The minimum Gasteiger partial charge on any atom is -0.461 e. The van der Waals surface area contributed by atoms with Crippen molar-refractivity contribution in [3.8, 4) is 17.4 Å². The van der Waals surface area contributed by atoms with Crippen molar-refractivity contribution in [1.29, 1.82) is 5.26 Å². The van der Waals surface area contributed by atoms with Crippen LogP contribution in [0.25, 0.3) is 17.4 Å². The highest BCUT2D eigenvalue weighted by molar-refractivity contribution is 6.15. The number of furan rings is 1. The average molecular weight is 358 g/mol. The van der Waals surface area contributed by atoms with Crippen molar-refractivity contribution in [2.45, 2.75) is 6.92 Å². The third-order valence-electron chi connectivity index (χ3n) is 4.00. The van der Waals surface area contributed by atoms with Crippen LogP contribution in [-0.2, 0) is 0 Å². The molecule has 0 amide bonds. The van der Waals surface area contributed by atoms with Gasteiger partial charge in [-0.25, -0.2) is 0 Å². The average Bonchev–Trinajstić information content (AvgIpc) is 3.08. The number of nitro benzene ring substituents is 1. The highest BCUT2D eigenvalue weighted by Crippen LogP contribution is 2.27. The molecule has 0 aliphatic rings. The number of nitrogens with zero attached hydrogens (tertiary/aromatic N) is 2. The zero-order valence-electron chi connectivity index (χ0n) is 14.4. The van der Waals surface area contributed by atoms with Crippen LogP contribution in [0.15, 0.2) is 70.7 Å². The van der Waals surface area contributed by atoms with E-state index in [1.165, 1.54) is 30.3 Å². The van der Waals surface area contributed by atoms with E-state index in [-0.39, 0.29) is 11.3 Å². The summed E-state index contributed by atoms with van der Waals surface area (Å²) in [6, 6.07) is 18.5. The quantitative estimate of drug-likeness (QED) is 0.211. The zero-order chi connectivity index (χ0) is 19.4. The van der Waals surface area contributed by atoms with Gasteiger partial charge in [0.1, 0.15) is 23.2 Å². The maximum absolute atomic E-state index is 12.8. The van der Waals surface area contributed by atoms with E-state index in [9.17, 15) is 20.2 Å². The Morgan fingerprint density at radius 1 is 1.15 bits per heavy atom. The normalized spacial score (nSPS) is 11.0. The van der Waals surface area contributed by atoms with Crippen LogP contribution >= 0.6 is 0 Å². The SMILES string of the molecule is Cc1oc(-c2ccccc2)cc1C(=O)C(C#N)=Cc1ccc([N+](=O)[O-])cc1. The van der Waals surface area contributed by atoms with Gasteiger partial charge < -0.3 is 4.42 Å². The smallest absolute Gasteiger partial charge is 0.269 e. The van der Waals surface area contributed by atoms with Crippen molar-refractivity contribution in [3.63, 3.8) is 0 Å². The Balaban J connectivity index is 1.92. The Morgan fingerprint density at radius 2 is 1.81 bits per heavy atom. The molecule has 0 fully saturated rings. The largest absolute Gasteiger partial charge is 0.461 e. The zero-order valence-corrected chi connectivity index (χ0v) is 14.4. The molecule has 6 heteroatoms. The number of ketones is 1. The van der Waals surface area contributed by atoms with Crippen LogP contribution in [-0.4, -0.2) is 10.7 Å². The van der Waals surface area contributed by atoms with Gasteiger partial charge in [-0.1, -0.05) is 30.3 Å². The van der Waals surface area contributed by atoms with Gasteiger partial charge in [0.15, 0.2) is 0 Å². The third-order valence-corrected chi connectivity index (χ3v) is 4.00. The molecule has 0 N–H and O–H groups in total. The van der Waals surface area contributed by atoms with Crippen LogP contribution in [0, 0.1) is 28.4 Å². The van der Waals surface area contributed by atoms with Gasteiger partial charge in [-0.15, -0.1) is 0 Å². The summed E-state index contributed by atoms with van der Waals surface area (Å²) < 4.78 is 5.68. The summed E-state index contributed by atoms with van der Waals surface area (Å²) in [5.74, 6) is 0.507. The molecule has 3 rings (SSSR count). The molecule has 0 aliphatic carbocycles. The van der Waals surface area contributed by atoms with E-state index >= 15 is 0 Å². The standard InChI is InChI=1S/C21H14N2O4/c1-14-19(12-20(27-14)16-5-3-2-4-6-16)21(24)17(13-22)11-15-7-9-18(10-8-15)23(25)26/h2-12H,1H3. The van der Waals surface area contributed by atoms with Crippen LogP contribution in [0.5, 0.6) is 0 Å². The van der Waals surface area contributed by atoms with E-state index in [1.54, 1.807) is 13.0 Å². The lowest BCUT2D eigenvalue weighted by molar-refractivity contribution is -0.384. The van der Waals surface area contributed by atoms with Crippen molar-refractivity contribution in [2.24, 2.45) is 0 Å². The number of benzene rings is 2. The number of carbonyl (C=O) groups is 1. The topological polar surface area (TPSA) is 97.1 Å². The molecule has 0 saturated heterocycles. The molecule has 0 unspecified atom stereocenters. The molecular formula is C21H14N2O4. The van der Waals surface area contributed by atoms with Crippen molar-refractivity contribution < 1.29 is 14.1 Å². The van der Waals surface area contributed by atoms with Crippen LogP contribution < -0.4 is 0 Å². The first kappa shape index (κ1) is 17.8. The van der Waals surface area contributed by atoms with Crippen LogP contribution in [0.4, 0.5) is 5.69 Å². The molecular weight excluding hydrogens is 344 g/mol. The molecule has 0 aliphatic heterocycles. The van der Waals surface area contributed by atoms with Gasteiger partial charge in [-0.3, -0.25) is 14.9 Å². The molecule has 27 heavy (non-hydrogen) atoms. The maximum atomic E-state index is 12.8. The monoisotopic (exact) mass is 358 g/mol. The minimum absolute atomic E-state index is 0.0600. The number of carbonyl (C=O) groups excluding carboxylic acids is 1. The van der Waals surface area contributed by atoms with Crippen molar-refractivity contribution >= 4 is 17.5 Å². The van der Waals surface area contributed by atoms with E-state index in [2.05, 4.69) is 0 Å². The minimum atomic E-state index is -0.510. The summed E-state index contributed by atoms with van der Waals surface area (Å²) in [6.45, 7) is 1.67. The summed E-state index contributed by atoms with van der Waals surface area (Å²) in [5, 5.41) is 20.1. The van der Waals surface area contributed by atoms with Crippen molar-refractivity contribution in [2.75, 3.05) is 0 Å². The summed E-state index contributed by atoms with van der Waals surface area (Å²) in [4.78, 5) is 23.0. The highest BCUT2D eigenvalue weighted by Gasteiger charge is 2.19. The molecule has 132 valence electrons. The molecule has 1 heterocycles. The number of rotatable bonds is 5. The second kappa shape index (κ2) is 7.50. The van der Waals surface area contributed by atoms with Gasteiger partial charge >= 0.3 is 0 Å². The number of hydrogen-bond acceptors (Lipinski definition) is 5. The fourth-order valence-corrected chi connectivity index (χ4v) is 2.60. The first-order chi connectivity index (χ1) is 13.0. The van der Waals surface area contributed by atoms with Gasteiger partial charge in [0.25, 0.3) is 5.69 Å². The number of Topliss-reactive ketones (excluding diaryl/α,β-unsaturated/α-hetero) is 1. The van der Waals surface area contributed by atoms with Crippen LogP contribution in [0.1, 0.15) is 21.7 Å². The second-order valence-electron chi connectivity index (χ2n) is 5.79. The summed E-state index contributed by atoms with van der Waals surface area (Å²) in [7, 11) is 0. The Bertz CT molecular complexity index is 1070. The third kappa shape index (κ3) is 3.83. The van der Waals surface area contributed by atoms with Gasteiger partial charge in [-0.05, 0) is 36.8 Å². The van der Waals surface area contributed by atoms with Gasteiger partial charge in [0.05, 0.1) is 10.5 Å². The first-order valence-corrected chi connectivity index (χ1v) is 8.06. The fraction of sp³-hybridized carbons (Fsp3) is 0.0476. The van der Waals surface area contributed by atoms with E-state index < -0.39 is 10.7 Å². The molecule has 3 aromatic rings. The van der Waals surface area contributed by atoms with Crippen molar-refractivity contribution in [3.05, 3.63) is 93.2 Å². The van der Waals surface area contributed by atoms with Crippen molar-refractivity contribution in [1.82, 2.24) is 0 Å². The molecule has 0 spiro atoms. The Morgan fingerprint density at radius 3 is 2.41 bits per heavy atom. The van der Waals surface area contributed by atoms with Crippen LogP contribution in [0.3, 0.4) is 0 Å². The second-order valence-corrected chi connectivity index (χ2v) is 5.79. The maximum Gasteiger partial charge on any atom is 0.269 e. The summed E-state index contributed by atoms with van der Waals surface area (Å²) >= 11 is 0. The van der Waals surface area contributed by atoms with E-state index in [0.29, 0.717) is 22.6 Å². The Labute approximate surface area is 155 Å².